The summed E-state index contributed by atoms with van der Waals surface area (Å²) >= 11 is 0. The van der Waals surface area contributed by atoms with Gasteiger partial charge in [-0.15, -0.1) is 6.42 Å². The molecule has 0 saturated carbocycles. The molecule has 0 aliphatic heterocycles. The summed E-state index contributed by atoms with van der Waals surface area (Å²) in [7, 11) is 0. The van der Waals surface area contributed by atoms with E-state index in [0.29, 0.717) is 30.2 Å². The Bertz CT molecular complexity index is 851. The quantitative estimate of drug-likeness (QED) is 0.423. The van der Waals surface area contributed by atoms with Gasteiger partial charge in [0, 0.05) is 39.3 Å². The fourth-order valence-electron chi connectivity index (χ4n) is 2.74. The summed E-state index contributed by atoms with van der Waals surface area (Å²) in [6.07, 6.45) is 5.71. The molecule has 1 atom stereocenters. The molecule has 157 valence electrons. The first kappa shape index (κ1) is 29.8. The number of aromatic nitrogens is 2. The Labute approximate surface area is 202 Å². The molecule has 0 saturated heterocycles. The van der Waals surface area contributed by atoms with Gasteiger partial charge in [0.05, 0.1) is 5.56 Å². The summed E-state index contributed by atoms with van der Waals surface area (Å²) in [6, 6.07) is 7.81. The number of rotatable bonds is 6. The molecule has 0 spiro atoms. The summed E-state index contributed by atoms with van der Waals surface area (Å²) in [6.45, 7) is 14.5. The molecular weight excluding hydrogens is 437 g/mol. The number of hydrogen-bond acceptors (Lipinski definition) is 3. The second-order valence-corrected chi connectivity index (χ2v) is 6.63. The van der Waals surface area contributed by atoms with Crippen LogP contribution in [0.5, 0.6) is 5.75 Å². The molecule has 1 aromatic carbocycles. The first-order valence-corrected chi connectivity index (χ1v) is 9.71. The van der Waals surface area contributed by atoms with Crippen LogP contribution in [0, 0.1) is 32.6 Å². The molecule has 0 aliphatic carbocycles. The van der Waals surface area contributed by atoms with Crippen molar-refractivity contribution in [3.63, 3.8) is 0 Å². The van der Waals surface area contributed by atoms with Crippen LogP contribution in [0.15, 0.2) is 29.1 Å². The third kappa shape index (κ3) is 7.72. The summed E-state index contributed by atoms with van der Waals surface area (Å²) in [5.74, 6) is 3.39. The van der Waals surface area contributed by atoms with E-state index in [0.717, 1.165) is 16.8 Å². The summed E-state index contributed by atoms with van der Waals surface area (Å²) in [4.78, 5) is 13.2. The minimum absolute atomic E-state index is 0. The Morgan fingerprint density at radius 2 is 1.79 bits per heavy atom. The van der Waals surface area contributed by atoms with E-state index in [-0.39, 0.29) is 45.7 Å². The van der Waals surface area contributed by atoms with Crippen LogP contribution >= 0.6 is 0 Å². The monoisotopic (exact) mass is 472 g/mol. The molecule has 0 amide bonds. The van der Waals surface area contributed by atoms with E-state index < -0.39 is 6.10 Å². The summed E-state index contributed by atoms with van der Waals surface area (Å²) in [5.41, 5.74) is 3.04. The molecule has 4 nitrogen and oxygen atoms in total. The molecule has 0 bridgehead atoms. The normalized spacial score (nSPS) is 10.6. The van der Waals surface area contributed by atoms with Crippen LogP contribution in [0.2, 0.25) is 0 Å². The number of aryl methyl sites for hydroxylation is 2. The first-order valence-electron chi connectivity index (χ1n) is 9.71. The van der Waals surface area contributed by atoms with Crippen molar-refractivity contribution in [3.05, 3.63) is 53.3 Å². The molecule has 29 heavy (non-hydrogen) atoms. The van der Waals surface area contributed by atoms with Gasteiger partial charge in [0.2, 0.25) is 0 Å². The Kier molecular flexibility index (Phi) is 14.9. The van der Waals surface area contributed by atoms with Crippen molar-refractivity contribution in [1.29, 1.82) is 0 Å². The number of benzene rings is 1. The molecule has 1 heterocycles. The SMILES string of the molecule is C#CC(C)Oc1c(CC)nn(CC(C)C)c(=O)c1-c1ccccc1C.CC.[CH3-].[Y]. The van der Waals surface area contributed by atoms with E-state index in [4.69, 9.17) is 11.2 Å². The van der Waals surface area contributed by atoms with Gasteiger partial charge in [-0.05, 0) is 37.3 Å². The molecule has 0 N–H and O–H groups in total. The van der Waals surface area contributed by atoms with E-state index in [1.807, 2.05) is 52.0 Å². The topological polar surface area (TPSA) is 44.1 Å². The fraction of sp³-hybridized carbons (Fsp3) is 0.458. The minimum Gasteiger partial charge on any atom is -0.475 e. The van der Waals surface area contributed by atoms with Crippen molar-refractivity contribution >= 4 is 0 Å². The van der Waals surface area contributed by atoms with Gasteiger partial charge in [-0.3, -0.25) is 4.79 Å². The Morgan fingerprint density at radius 3 is 2.28 bits per heavy atom. The second-order valence-electron chi connectivity index (χ2n) is 6.63. The summed E-state index contributed by atoms with van der Waals surface area (Å²) in [5, 5.41) is 4.54. The standard InChI is InChI=1S/C21H26N2O2.C2H6.CH3.Y/c1-7-16(6)25-20-18(8-2)22-23(13-14(3)4)21(24)19(20)17-12-10-9-11-15(17)5;1-2;;/h1,9-12,14,16H,8,13H2,2-6H3;1-2H3;1H3;/q;;-1;. The number of hydrogen-bond donors (Lipinski definition) is 0. The van der Waals surface area contributed by atoms with Gasteiger partial charge in [0.25, 0.3) is 5.56 Å². The van der Waals surface area contributed by atoms with E-state index >= 15 is 0 Å². The predicted molar refractivity (Wildman–Crippen MR) is 120 cm³/mol. The van der Waals surface area contributed by atoms with Gasteiger partial charge in [-0.2, -0.15) is 5.10 Å². The zero-order valence-corrected chi connectivity index (χ0v) is 22.1. The molecule has 5 heteroatoms. The van der Waals surface area contributed by atoms with Crippen LogP contribution in [-0.4, -0.2) is 15.9 Å². The molecule has 0 fully saturated rings. The van der Waals surface area contributed by atoms with E-state index in [1.165, 1.54) is 0 Å². The Hall–Kier alpha value is -1.44. The first-order chi connectivity index (χ1) is 12.9. The van der Waals surface area contributed by atoms with E-state index in [9.17, 15) is 4.79 Å². The summed E-state index contributed by atoms with van der Waals surface area (Å²) < 4.78 is 7.51. The molecule has 1 radical (unpaired) electrons. The number of nitrogens with zero attached hydrogens (tertiary/aromatic N) is 2. The van der Waals surface area contributed by atoms with Gasteiger partial charge in [-0.1, -0.05) is 64.8 Å². The largest absolute Gasteiger partial charge is 0.475 e. The number of terminal acetylenes is 1. The van der Waals surface area contributed by atoms with E-state index in [1.54, 1.807) is 11.6 Å². The van der Waals surface area contributed by atoms with Gasteiger partial charge in [-0.25, -0.2) is 4.68 Å². The van der Waals surface area contributed by atoms with Crippen molar-refractivity contribution in [2.75, 3.05) is 0 Å². The zero-order chi connectivity index (χ0) is 20.6. The molecule has 0 aliphatic rings. The predicted octanol–water partition coefficient (Wildman–Crippen LogP) is 5.31. The molecule has 1 aromatic heterocycles. The van der Waals surface area contributed by atoms with Crippen molar-refractivity contribution in [3.8, 4) is 29.2 Å². The van der Waals surface area contributed by atoms with Crippen molar-refractivity contribution in [1.82, 2.24) is 9.78 Å². The smallest absolute Gasteiger partial charge is 0.278 e. The van der Waals surface area contributed by atoms with Gasteiger partial charge >= 0.3 is 0 Å². The Morgan fingerprint density at radius 1 is 1.21 bits per heavy atom. The van der Waals surface area contributed by atoms with Crippen LogP contribution in [0.4, 0.5) is 0 Å². The maximum atomic E-state index is 13.2. The van der Waals surface area contributed by atoms with Crippen molar-refractivity contribution in [2.45, 2.75) is 67.5 Å². The van der Waals surface area contributed by atoms with Gasteiger partial charge in [0.1, 0.15) is 5.69 Å². The van der Waals surface area contributed by atoms with Crippen LogP contribution in [0.25, 0.3) is 11.1 Å². The van der Waals surface area contributed by atoms with Crippen molar-refractivity contribution < 1.29 is 37.4 Å². The van der Waals surface area contributed by atoms with Crippen LogP contribution < -0.4 is 10.3 Å². The maximum absolute atomic E-state index is 13.2. The fourth-order valence-corrected chi connectivity index (χ4v) is 2.74. The molecule has 1 unspecified atom stereocenters. The maximum Gasteiger partial charge on any atom is 0.278 e. The Balaban J connectivity index is 0. The zero-order valence-electron chi connectivity index (χ0n) is 19.2. The number of ether oxygens (including phenoxy) is 1. The third-order valence-corrected chi connectivity index (χ3v) is 4.00. The van der Waals surface area contributed by atoms with Crippen LogP contribution in [0.3, 0.4) is 0 Å². The van der Waals surface area contributed by atoms with Gasteiger partial charge in [0.15, 0.2) is 11.9 Å². The minimum atomic E-state index is -0.435. The van der Waals surface area contributed by atoms with Crippen LogP contribution in [-0.2, 0) is 45.7 Å². The average molecular weight is 472 g/mol. The molecule has 2 aromatic rings. The van der Waals surface area contributed by atoms with Crippen molar-refractivity contribution in [2.24, 2.45) is 5.92 Å². The second kappa shape index (κ2) is 14.5. The van der Waals surface area contributed by atoms with Crippen LogP contribution in [0.1, 0.15) is 52.8 Å². The average Bonchev–Trinajstić information content (AvgIpc) is 2.66. The molecular formula is C24H35N2O2Y-. The van der Waals surface area contributed by atoms with Gasteiger partial charge < -0.3 is 12.2 Å². The molecule has 2 rings (SSSR count). The van der Waals surface area contributed by atoms with E-state index in [2.05, 4.69) is 24.9 Å². The third-order valence-electron chi connectivity index (χ3n) is 4.00.